The number of carbonyl (C=O) groups is 1. The molecule has 3 rings (SSSR count). The van der Waals surface area contributed by atoms with Gasteiger partial charge in [-0.15, -0.1) is 11.3 Å². The van der Waals surface area contributed by atoms with Crippen molar-refractivity contribution in [3.8, 4) is 0 Å². The zero-order valence-corrected chi connectivity index (χ0v) is 14.9. The summed E-state index contributed by atoms with van der Waals surface area (Å²) in [7, 11) is 1.84. The van der Waals surface area contributed by atoms with Crippen molar-refractivity contribution >= 4 is 22.4 Å². The van der Waals surface area contributed by atoms with Crippen LogP contribution in [0.1, 0.15) is 21.8 Å². The number of benzene rings is 1. The number of rotatable bonds is 7. The number of aryl methyl sites for hydroxylation is 1. The van der Waals surface area contributed by atoms with Crippen molar-refractivity contribution in [2.45, 2.75) is 19.9 Å². The van der Waals surface area contributed by atoms with Crippen molar-refractivity contribution in [1.82, 2.24) is 20.2 Å². The van der Waals surface area contributed by atoms with E-state index in [1.54, 1.807) is 6.20 Å². The summed E-state index contributed by atoms with van der Waals surface area (Å²) in [4.78, 5) is 19.4. The van der Waals surface area contributed by atoms with Crippen LogP contribution >= 0.6 is 11.3 Å². The third-order valence-corrected chi connectivity index (χ3v) is 4.51. The van der Waals surface area contributed by atoms with Crippen molar-refractivity contribution in [3.05, 3.63) is 58.4 Å². The lowest BCUT2D eigenvalue weighted by atomic mass is 10.1. The SMILES string of the molecule is Cc1nonc1CN(C)CC(=O)Nc1ncc(Cc2ccccc2)s1. The lowest BCUT2D eigenvalue weighted by Gasteiger charge is -2.13. The number of nitrogens with zero attached hydrogens (tertiary/aromatic N) is 4. The van der Waals surface area contributed by atoms with Crippen LogP contribution in [0.15, 0.2) is 41.2 Å². The molecule has 130 valence electrons. The first kappa shape index (κ1) is 17.2. The van der Waals surface area contributed by atoms with E-state index in [1.165, 1.54) is 16.9 Å². The van der Waals surface area contributed by atoms with Gasteiger partial charge in [0.1, 0.15) is 11.4 Å². The molecule has 1 aromatic carbocycles. The number of thiazole rings is 1. The van der Waals surface area contributed by atoms with Crippen LogP contribution in [0, 0.1) is 6.92 Å². The number of aromatic nitrogens is 3. The maximum absolute atomic E-state index is 12.2. The molecule has 2 heterocycles. The Morgan fingerprint density at radius 1 is 1.28 bits per heavy atom. The summed E-state index contributed by atoms with van der Waals surface area (Å²) in [5.41, 5.74) is 2.69. The maximum Gasteiger partial charge on any atom is 0.240 e. The fraction of sp³-hybridized carbons (Fsp3) is 0.294. The first-order valence-electron chi connectivity index (χ1n) is 7.85. The van der Waals surface area contributed by atoms with Crippen molar-refractivity contribution in [2.75, 3.05) is 18.9 Å². The van der Waals surface area contributed by atoms with E-state index in [2.05, 4.69) is 37.4 Å². The standard InChI is InChI=1S/C17H19N5O2S/c1-12-15(21-24-20-12)10-22(2)11-16(23)19-17-18-9-14(25-17)8-13-6-4-3-5-7-13/h3-7,9H,8,10-11H2,1-2H3,(H,18,19,23). The molecule has 1 amide bonds. The van der Waals surface area contributed by atoms with Gasteiger partial charge in [0.05, 0.1) is 6.54 Å². The van der Waals surface area contributed by atoms with E-state index in [4.69, 9.17) is 0 Å². The molecule has 2 aromatic heterocycles. The molecule has 8 heteroatoms. The van der Waals surface area contributed by atoms with Crippen molar-refractivity contribution in [3.63, 3.8) is 0 Å². The molecule has 0 radical (unpaired) electrons. The maximum atomic E-state index is 12.2. The van der Waals surface area contributed by atoms with Gasteiger partial charge in [-0.2, -0.15) is 0 Å². The van der Waals surface area contributed by atoms with Crippen LogP contribution in [0.25, 0.3) is 0 Å². The second-order valence-electron chi connectivity index (χ2n) is 5.81. The minimum absolute atomic E-state index is 0.114. The number of hydrogen-bond donors (Lipinski definition) is 1. The van der Waals surface area contributed by atoms with Gasteiger partial charge < -0.3 is 5.32 Å². The first-order valence-corrected chi connectivity index (χ1v) is 8.67. The second-order valence-corrected chi connectivity index (χ2v) is 6.93. The number of hydrogen-bond acceptors (Lipinski definition) is 7. The van der Waals surface area contributed by atoms with Gasteiger partial charge in [-0.05, 0) is 19.5 Å². The Labute approximate surface area is 149 Å². The first-order chi connectivity index (χ1) is 12.1. The molecule has 0 aliphatic heterocycles. The molecule has 7 nitrogen and oxygen atoms in total. The molecular weight excluding hydrogens is 338 g/mol. The normalized spacial score (nSPS) is 11.0. The Balaban J connectivity index is 1.50. The van der Waals surface area contributed by atoms with Crippen molar-refractivity contribution < 1.29 is 9.42 Å². The van der Waals surface area contributed by atoms with Crippen LogP contribution in [-0.2, 0) is 17.8 Å². The van der Waals surface area contributed by atoms with Gasteiger partial charge in [0, 0.05) is 24.0 Å². The highest BCUT2D eigenvalue weighted by atomic mass is 32.1. The Hall–Kier alpha value is -2.58. The fourth-order valence-corrected chi connectivity index (χ4v) is 3.22. The quantitative estimate of drug-likeness (QED) is 0.699. The van der Waals surface area contributed by atoms with Gasteiger partial charge in [0.15, 0.2) is 5.13 Å². The highest BCUT2D eigenvalue weighted by Crippen LogP contribution is 2.21. The van der Waals surface area contributed by atoms with Crippen LogP contribution in [0.2, 0.25) is 0 Å². The molecule has 0 saturated carbocycles. The molecule has 0 aliphatic carbocycles. The van der Waals surface area contributed by atoms with E-state index in [1.807, 2.05) is 37.1 Å². The van der Waals surface area contributed by atoms with Crippen LogP contribution in [-0.4, -0.2) is 39.7 Å². The summed E-state index contributed by atoms with van der Waals surface area (Å²) >= 11 is 1.49. The summed E-state index contributed by atoms with van der Waals surface area (Å²) in [5.74, 6) is -0.114. The zero-order valence-electron chi connectivity index (χ0n) is 14.1. The van der Waals surface area contributed by atoms with Gasteiger partial charge in [0.2, 0.25) is 5.91 Å². The lowest BCUT2D eigenvalue weighted by molar-refractivity contribution is -0.117. The average molecular weight is 357 g/mol. The zero-order chi connectivity index (χ0) is 17.6. The molecule has 0 atom stereocenters. The van der Waals surface area contributed by atoms with Gasteiger partial charge in [0.25, 0.3) is 0 Å². The summed E-state index contributed by atoms with van der Waals surface area (Å²) in [6.07, 6.45) is 2.62. The summed E-state index contributed by atoms with van der Waals surface area (Å²) in [6, 6.07) is 10.2. The minimum atomic E-state index is -0.114. The summed E-state index contributed by atoms with van der Waals surface area (Å²) in [6.45, 7) is 2.56. The van der Waals surface area contributed by atoms with Crippen molar-refractivity contribution in [2.24, 2.45) is 0 Å². The van der Waals surface area contributed by atoms with Crippen LogP contribution in [0.3, 0.4) is 0 Å². The smallest absolute Gasteiger partial charge is 0.240 e. The molecular formula is C17H19N5O2S. The number of likely N-dealkylation sites (N-methyl/N-ethyl adjacent to an activating group) is 1. The second kappa shape index (κ2) is 8.00. The van der Waals surface area contributed by atoms with E-state index < -0.39 is 0 Å². The van der Waals surface area contributed by atoms with E-state index >= 15 is 0 Å². The number of carbonyl (C=O) groups excluding carboxylic acids is 1. The minimum Gasteiger partial charge on any atom is -0.301 e. The number of amides is 1. The van der Waals surface area contributed by atoms with Crippen molar-refractivity contribution in [1.29, 1.82) is 0 Å². The van der Waals surface area contributed by atoms with Gasteiger partial charge >= 0.3 is 0 Å². The van der Waals surface area contributed by atoms with E-state index in [9.17, 15) is 4.79 Å². The predicted octanol–water partition coefficient (Wildman–Crippen LogP) is 2.50. The van der Waals surface area contributed by atoms with E-state index in [0.717, 1.165) is 22.7 Å². The van der Waals surface area contributed by atoms with Gasteiger partial charge in [-0.1, -0.05) is 40.6 Å². The fourth-order valence-electron chi connectivity index (χ4n) is 2.35. The largest absolute Gasteiger partial charge is 0.301 e. The Morgan fingerprint density at radius 2 is 2.08 bits per heavy atom. The number of anilines is 1. The van der Waals surface area contributed by atoms with Crippen LogP contribution < -0.4 is 5.32 Å². The van der Waals surface area contributed by atoms with E-state index in [0.29, 0.717) is 11.7 Å². The van der Waals surface area contributed by atoms with Crippen LogP contribution in [0.4, 0.5) is 5.13 Å². The summed E-state index contributed by atoms with van der Waals surface area (Å²) in [5, 5.41) is 11.0. The molecule has 0 fully saturated rings. The topological polar surface area (TPSA) is 84.2 Å². The average Bonchev–Trinajstić information content (AvgIpc) is 3.18. The molecule has 0 spiro atoms. The Bertz CT molecular complexity index is 830. The lowest BCUT2D eigenvalue weighted by Crippen LogP contribution is -2.30. The highest BCUT2D eigenvalue weighted by molar-refractivity contribution is 7.15. The molecule has 0 saturated heterocycles. The summed E-state index contributed by atoms with van der Waals surface area (Å²) < 4.78 is 4.66. The molecule has 25 heavy (non-hydrogen) atoms. The molecule has 1 N–H and O–H groups in total. The third-order valence-electron chi connectivity index (χ3n) is 3.60. The molecule has 0 aliphatic rings. The van der Waals surface area contributed by atoms with Gasteiger partial charge in [-0.3, -0.25) is 9.69 Å². The monoisotopic (exact) mass is 357 g/mol. The van der Waals surface area contributed by atoms with Crippen LogP contribution in [0.5, 0.6) is 0 Å². The molecule has 0 unspecified atom stereocenters. The van der Waals surface area contributed by atoms with E-state index in [-0.39, 0.29) is 12.5 Å². The Kier molecular flexibility index (Phi) is 5.52. The van der Waals surface area contributed by atoms with Gasteiger partial charge in [-0.25, -0.2) is 9.61 Å². The Morgan fingerprint density at radius 3 is 2.80 bits per heavy atom. The molecule has 0 bridgehead atoms. The number of nitrogens with one attached hydrogen (secondary N) is 1. The molecule has 3 aromatic rings. The highest BCUT2D eigenvalue weighted by Gasteiger charge is 2.13. The third kappa shape index (κ3) is 4.94. The predicted molar refractivity (Wildman–Crippen MR) is 95.4 cm³/mol.